The molecule has 0 aromatic heterocycles. The summed E-state index contributed by atoms with van der Waals surface area (Å²) in [6.45, 7) is 4.88. The zero-order valence-electron chi connectivity index (χ0n) is 26.7. The molecule has 2 aliphatic heterocycles. The Labute approximate surface area is 274 Å². The maximum Gasteiger partial charge on any atom is 0.408 e. The molecule has 1 aromatic rings. The number of esters is 1. The lowest BCUT2D eigenvalue weighted by atomic mass is 10.1. The number of allylic oxidation sites excluding steroid dienone is 1. The highest BCUT2D eigenvalue weighted by Gasteiger charge is 2.62. The van der Waals surface area contributed by atoms with E-state index in [4.69, 9.17) is 14.2 Å². The minimum absolute atomic E-state index is 0.102. The molecule has 0 radical (unpaired) electrons. The summed E-state index contributed by atoms with van der Waals surface area (Å²) in [5.74, 6) is -3.37. The fourth-order valence-corrected chi connectivity index (χ4v) is 7.09. The second kappa shape index (κ2) is 13.6. The number of benzene rings is 1. The van der Waals surface area contributed by atoms with Crippen molar-refractivity contribution < 1.29 is 46.6 Å². The van der Waals surface area contributed by atoms with Gasteiger partial charge in [-0.2, -0.15) is 0 Å². The van der Waals surface area contributed by atoms with Crippen molar-refractivity contribution in [2.24, 2.45) is 5.92 Å². The molecule has 2 heterocycles. The van der Waals surface area contributed by atoms with Crippen LogP contribution in [0.3, 0.4) is 0 Å². The zero-order chi connectivity index (χ0) is 34.0. The molecule has 3 fully saturated rings. The van der Waals surface area contributed by atoms with Crippen LogP contribution in [0, 0.1) is 5.92 Å². The molecule has 0 unspecified atom stereocenters. The lowest BCUT2D eigenvalue weighted by Gasteiger charge is -2.30. The maximum atomic E-state index is 14.1. The van der Waals surface area contributed by atoms with Crippen LogP contribution in [0.1, 0.15) is 69.7 Å². The van der Waals surface area contributed by atoms with E-state index in [1.807, 2.05) is 6.08 Å². The number of sulfonamides is 1. The van der Waals surface area contributed by atoms with Gasteiger partial charge in [0.25, 0.3) is 5.91 Å². The molecule has 2 aliphatic carbocycles. The summed E-state index contributed by atoms with van der Waals surface area (Å²) >= 11 is 0. The summed E-state index contributed by atoms with van der Waals surface area (Å²) in [5.41, 5.74) is -2.12. The van der Waals surface area contributed by atoms with Crippen LogP contribution in [-0.4, -0.2) is 97.4 Å². The molecule has 14 nitrogen and oxygen atoms in total. The summed E-state index contributed by atoms with van der Waals surface area (Å²) in [4.78, 5) is 68.4. The smallest absolute Gasteiger partial charge is 0.408 e. The number of nitrogens with one attached hydrogen (secondary N) is 3. The van der Waals surface area contributed by atoms with Crippen LogP contribution in [0.2, 0.25) is 0 Å². The number of nitrogens with zero attached hydrogens (tertiary/aromatic N) is 1. The molecule has 5 atom stereocenters. The number of hydrogen-bond donors (Lipinski definition) is 3. The van der Waals surface area contributed by atoms with Crippen molar-refractivity contribution >= 4 is 39.8 Å². The van der Waals surface area contributed by atoms with Gasteiger partial charge in [0.15, 0.2) is 0 Å². The number of hydrogen-bond acceptors (Lipinski definition) is 10. The van der Waals surface area contributed by atoms with Gasteiger partial charge < -0.3 is 29.7 Å². The van der Waals surface area contributed by atoms with Gasteiger partial charge in [-0.05, 0) is 65.0 Å². The van der Waals surface area contributed by atoms with Gasteiger partial charge in [-0.25, -0.2) is 18.0 Å². The fourth-order valence-electron chi connectivity index (χ4n) is 5.73. The molecule has 1 saturated heterocycles. The standard InChI is InChI=1S/C32H42N4O10S/c1-31(2,3)46-30(41)33-24-19-44-15-9-5-8-12-21-17-32(21,29(40)35-47(42,43)23-13-14-23)34-26(37)25-16-22(18-36(25)27(24)38)45-28(39)20-10-6-4-7-11-20/h4,6-8,10-12,21-25H,5,9,13-19H2,1-3H3,(H,33,41)(H,34,37)(H,35,40)/t21-,22-,24+,25+,32-/m1/s1. The Hall–Kier alpha value is -3.98. The Kier molecular flexibility index (Phi) is 9.96. The van der Waals surface area contributed by atoms with E-state index in [2.05, 4.69) is 15.4 Å². The Bertz CT molecular complexity index is 1520. The number of rotatable bonds is 6. The van der Waals surface area contributed by atoms with E-state index in [9.17, 15) is 32.4 Å². The fraction of sp³-hybridized carbons (Fsp3) is 0.594. The van der Waals surface area contributed by atoms with Crippen molar-refractivity contribution in [1.29, 1.82) is 0 Å². The van der Waals surface area contributed by atoms with Gasteiger partial charge in [-0.1, -0.05) is 30.4 Å². The summed E-state index contributed by atoms with van der Waals surface area (Å²) in [6.07, 6.45) is 3.93. The molecule has 1 aromatic carbocycles. The average Bonchev–Trinajstić information content (AvgIpc) is 3.92. The van der Waals surface area contributed by atoms with Crippen LogP contribution in [0.4, 0.5) is 4.79 Å². The topological polar surface area (TPSA) is 187 Å². The highest BCUT2D eigenvalue weighted by atomic mass is 32.2. The summed E-state index contributed by atoms with van der Waals surface area (Å²) in [7, 11) is -3.90. The highest BCUT2D eigenvalue weighted by molar-refractivity contribution is 7.91. The van der Waals surface area contributed by atoms with E-state index in [1.54, 1.807) is 57.2 Å². The molecule has 0 spiro atoms. The highest BCUT2D eigenvalue weighted by Crippen LogP contribution is 2.46. The van der Waals surface area contributed by atoms with Crippen LogP contribution in [0.25, 0.3) is 0 Å². The Morgan fingerprint density at radius 3 is 2.51 bits per heavy atom. The van der Waals surface area contributed by atoms with Crippen molar-refractivity contribution in [1.82, 2.24) is 20.3 Å². The number of amides is 4. The first-order chi connectivity index (χ1) is 22.2. The van der Waals surface area contributed by atoms with Crippen molar-refractivity contribution in [3.8, 4) is 0 Å². The van der Waals surface area contributed by atoms with Gasteiger partial charge >= 0.3 is 12.1 Å². The minimum atomic E-state index is -3.90. The third-order valence-electron chi connectivity index (χ3n) is 8.40. The maximum absolute atomic E-state index is 14.1. The number of alkyl carbamates (subject to hydrolysis) is 1. The zero-order valence-corrected chi connectivity index (χ0v) is 27.5. The van der Waals surface area contributed by atoms with Crippen LogP contribution >= 0.6 is 0 Å². The van der Waals surface area contributed by atoms with E-state index < -0.39 is 80.3 Å². The normalized spacial score (nSPS) is 28.4. The van der Waals surface area contributed by atoms with Gasteiger partial charge in [-0.3, -0.25) is 19.1 Å². The number of fused-ring (bicyclic) bond motifs is 2. The third-order valence-corrected chi connectivity index (χ3v) is 10.2. The average molecular weight is 675 g/mol. The second-order valence-electron chi connectivity index (χ2n) is 13.4. The Morgan fingerprint density at radius 2 is 1.83 bits per heavy atom. The number of carbonyl (C=O) groups excluding carboxylic acids is 5. The van der Waals surface area contributed by atoms with Crippen LogP contribution in [0.5, 0.6) is 0 Å². The number of carbonyl (C=O) groups is 5. The molecule has 0 bridgehead atoms. The molecular weight excluding hydrogens is 632 g/mol. The molecule has 3 N–H and O–H groups in total. The van der Waals surface area contributed by atoms with Gasteiger partial charge in [0.05, 0.1) is 24.0 Å². The predicted molar refractivity (Wildman–Crippen MR) is 167 cm³/mol. The van der Waals surface area contributed by atoms with Gasteiger partial charge in [0.1, 0.15) is 29.3 Å². The monoisotopic (exact) mass is 674 g/mol. The van der Waals surface area contributed by atoms with E-state index in [0.717, 1.165) is 0 Å². The molecule has 47 heavy (non-hydrogen) atoms. The van der Waals surface area contributed by atoms with Gasteiger partial charge in [0.2, 0.25) is 21.8 Å². The van der Waals surface area contributed by atoms with Gasteiger partial charge in [0, 0.05) is 18.9 Å². The Balaban J connectivity index is 1.42. The molecule has 15 heteroatoms. The molecular formula is C32H42N4O10S. The van der Waals surface area contributed by atoms with Crippen molar-refractivity contribution in [2.45, 2.75) is 93.9 Å². The molecule has 4 aliphatic rings. The van der Waals surface area contributed by atoms with Gasteiger partial charge in [-0.15, -0.1) is 0 Å². The van der Waals surface area contributed by atoms with Crippen molar-refractivity contribution in [2.75, 3.05) is 19.8 Å². The van der Waals surface area contributed by atoms with Crippen LogP contribution < -0.4 is 15.4 Å². The minimum Gasteiger partial charge on any atom is -0.457 e. The molecule has 5 rings (SSSR count). The van der Waals surface area contributed by atoms with E-state index in [0.29, 0.717) is 25.7 Å². The SMILES string of the molecule is CC(C)(C)OC(=O)N[C@H]1COCCCC=C[C@@H]2C[C@@]2(C(=O)NS(=O)(=O)C2CC2)NC(=O)[C@@H]2C[C@@H](OC(=O)c3ccccc3)CN2C1=O. The quantitative estimate of drug-likeness (QED) is 0.295. The first-order valence-corrected chi connectivity index (χ1v) is 17.4. The summed E-state index contributed by atoms with van der Waals surface area (Å²) in [6, 6.07) is 5.77. The van der Waals surface area contributed by atoms with Crippen LogP contribution in [0.15, 0.2) is 42.5 Å². The molecule has 4 amide bonds. The van der Waals surface area contributed by atoms with E-state index >= 15 is 0 Å². The summed E-state index contributed by atoms with van der Waals surface area (Å²) < 4.78 is 44.3. The number of ether oxygens (including phenoxy) is 3. The Morgan fingerprint density at radius 1 is 1.11 bits per heavy atom. The lowest BCUT2D eigenvalue weighted by molar-refractivity contribution is -0.142. The molecule has 2 saturated carbocycles. The lowest BCUT2D eigenvalue weighted by Crippen LogP contribution is -2.59. The summed E-state index contributed by atoms with van der Waals surface area (Å²) in [5, 5.41) is 4.66. The molecule has 256 valence electrons. The van der Waals surface area contributed by atoms with Crippen molar-refractivity contribution in [3.63, 3.8) is 0 Å². The second-order valence-corrected chi connectivity index (χ2v) is 15.4. The largest absolute Gasteiger partial charge is 0.457 e. The van der Waals surface area contributed by atoms with E-state index in [1.165, 1.54) is 4.90 Å². The van der Waals surface area contributed by atoms with Crippen LogP contribution in [-0.2, 0) is 38.6 Å². The predicted octanol–water partition coefficient (Wildman–Crippen LogP) is 1.56. The van der Waals surface area contributed by atoms with E-state index in [-0.39, 0.29) is 38.2 Å². The van der Waals surface area contributed by atoms with Crippen molar-refractivity contribution in [3.05, 3.63) is 48.0 Å². The first kappa shape index (κ1) is 34.4. The third kappa shape index (κ3) is 8.49. The first-order valence-electron chi connectivity index (χ1n) is 15.9.